The number of carboxylic acid groups (broad SMARTS) is 1. The van der Waals surface area contributed by atoms with Gasteiger partial charge in [-0.25, -0.2) is 9.59 Å². The van der Waals surface area contributed by atoms with Gasteiger partial charge in [0.25, 0.3) is 0 Å². The van der Waals surface area contributed by atoms with Crippen molar-refractivity contribution in [2.75, 3.05) is 0 Å². The van der Waals surface area contributed by atoms with E-state index in [0.29, 0.717) is 0 Å². The van der Waals surface area contributed by atoms with Crippen LogP contribution >= 0.6 is 0 Å². The number of amides is 2. The highest BCUT2D eigenvalue weighted by molar-refractivity contribution is 5.93. The van der Waals surface area contributed by atoms with E-state index < -0.39 is 35.7 Å². The molecular weight excluding hydrogens is 472 g/mol. The minimum Gasteiger partial charge on any atom is -0.480 e. The van der Waals surface area contributed by atoms with E-state index in [4.69, 9.17) is 4.74 Å². The Kier molecular flexibility index (Phi) is 6.15. The molecule has 0 radical (unpaired) electrons. The van der Waals surface area contributed by atoms with E-state index in [1.165, 1.54) is 4.90 Å². The van der Waals surface area contributed by atoms with E-state index in [1.807, 2.05) is 54.7 Å². The predicted octanol–water partition coefficient (Wildman–Crippen LogP) is 4.12. The Hall–Kier alpha value is -4.27. The summed E-state index contributed by atoms with van der Waals surface area (Å²) in [5.41, 5.74) is 3.58. The number of aliphatic carboxylic acids is 1. The molecule has 2 amide bonds. The van der Waals surface area contributed by atoms with Gasteiger partial charge in [0.15, 0.2) is 0 Å². The van der Waals surface area contributed by atoms with Crippen molar-refractivity contribution in [3.8, 4) is 0 Å². The van der Waals surface area contributed by atoms with Crippen molar-refractivity contribution in [3.05, 3.63) is 71.5 Å². The molecule has 2 atom stereocenters. The molecule has 0 aliphatic carbocycles. The summed E-state index contributed by atoms with van der Waals surface area (Å²) in [6.45, 7) is 5.32. The first-order chi connectivity index (χ1) is 17.6. The van der Waals surface area contributed by atoms with Gasteiger partial charge in [0.2, 0.25) is 5.91 Å². The molecule has 4 aromatic rings. The first-order valence-corrected chi connectivity index (χ1v) is 12.3. The van der Waals surface area contributed by atoms with Crippen LogP contribution in [0.15, 0.2) is 54.7 Å². The molecule has 192 valence electrons. The molecule has 2 aromatic carbocycles. The van der Waals surface area contributed by atoms with Gasteiger partial charge in [-0.15, -0.1) is 0 Å². The van der Waals surface area contributed by atoms with Crippen molar-refractivity contribution in [3.63, 3.8) is 0 Å². The van der Waals surface area contributed by atoms with Gasteiger partial charge in [-0.3, -0.25) is 4.79 Å². The lowest BCUT2D eigenvalue weighted by molar-refractivity contribution is -0.152. The minimum absolute atomic E-state index is 0.0974. The summed E-state index contributed by atoms with van der Waals surface area (Å²) < 4.78 is 5.43. The normalized spacial score (nSPS) is 16.4. The third kappa shape index (κ3) is 4.89. The van der Waals surface area contributed by atoms with Crippen LogP contribution in [0, 0.1) is 0 Å². The van der Waals surface area contributed by atoms with Gasteiger partial charge in [-0.05, 0) is 44.0 Å². The van der Waals surface area contributed by atoms with Gasteiger partial charge in [0, 0.05) is 46.5 Å². The highest BCUT2D eigenvalue weighted by Gasteiger charge is 2.40. The number of benzene rings is 2. The lowest BCUT2D eigenvalue weighted by Gasteiger charge is -2.35. The molecule has 0 fully saturated rings. The number of rotatable bonds is 5. The third-order valence-corrected chi connectivity index (χ3v) is 6.66. The molecule has 1 aliphatic rings. The number of aromatic amines is 2. The molecule has 1 aliphatic heterocycles. The number of hydrogen-bond donors (Lipinski definition) is 4. The van der Waals surface area contributed by atoms with Crippen molar-refractivity contribution in [1.29, 1.82) is 0 Å². The number of nitrogens with zero attached hydrogens (tertiary/aromatic N) is 1. The maximum absolute atomic E-state index is 14.0. The number of ether oxygens (including phenoxy) is 1. The molecule has 0 unspecified atom stereocenters. The summed E-state index contributed by atoms with van der Waals surface area (Å²) in [7, 11) is 0. The monoisotopic (exact) mass is 502 g/mol. The van der Waals surface area contributed by atoms with E-state index in [9.17, 15) is 19.5 Å². The van der Waals surface area contributed by atoms with Gasteiger partial charge in [0.1, 0.15) is 17.7 Å². The SMILES string of the molecule is CC(C)(C)OC(=O)N[C@@H](Cc1c[nH]c2ccccc12)C(=O)N1Cc2[nH]c3ccccc3c2C[C@H]1C(=O)O. The smallest absolute Gasteiger partial charge is 0.408 e. The van der Waals surface area contributed by atoms with Crippen molar-refractivity contribution in [2.45, 2.75) is 57.8 Å². The summed E-state index contributed by atoms with van der Waals surface area (Å²) in [5, 5.41) is 14.7. The number of para-hydroxylation sites is 2. The zero-order valence-electron chi connectivity index (χ0n) is 21.0. The van der Waals surface area contributed by atoms with Crippen LogP contribution in [0.1, 0.15) is 37.6 Å². The first-order valence-electron chi connectivity index (χ1n) is 12.3. The number of hydrogen-bond acceptors (Lipinski definition) is 4. The van der Waals surface area contributed by atoms with Gasteiger partial charge in [0.05, 0.1) is 6.54 Å². The molecule has 4 N–H and O–H groups in total. The Morgan fingerprint density at radius 1 is 1.08 bits per heavy atom. The second kappa shape index (κ2) is 9.31. The number of carbonyl (C=O) groups excluding carboxylic acids is 2. The van der Waals surface area contributed by atoms with Crippen molar-refractivity contribution < 1.29 is 24.2 Å². The maximum Gasteiger partial charge on any atom is 0.408 e. The predicted molar refractivity (Wildman–Crippen MR) is 139 cm³/mol. The second-order valence-corrected chi connectivity index (χ2v) is 10.4. The zero-order chi connectivity index (χ0) is 26.3. The molecule has 0 bridgehead atoms. The molecule has 3 heterocycles. The van der Waals surface area contributed by atoms with E-state index in [-0.39, 0.29) is 19.4 Å². The highest BCUT2D eigenvalue weighted by Crippen LogP contribution is 2.31. The number of alkyl carbamates (subject to hydrolysis) is 1. The summed E-state index contributed by atoms with van der Waals surface area (Å²) in [4.78, 5) is 46.9. The zero-order valence-corrected chi connectivity index (χ0v) is 21.0. The van der Waals surface area contributed by atoms with Crippen molar-refractivity contribution in [1.82, 2.24) is 20.2 Å². The molecular formula is C28H30N4O5. The van der Waals surface area contributed by atoms with Gasteiger partial charge >= 0.3 is 12.1 Å². The van der Waals surface area contributed by atoms with E-state index in [0.717, 1.165) is 38.6 Å². The minimum atomic E-state index is -1.09. The van der Waals surface area contributed by atoms with Crippen LogP contribution in [0.5, 0.6) is 0 Å². The first kappa shape index (κ1) is 24.4. The van der Waals surface area contributed by atoms with E-state index in [2.05, 4.69) is 15.3 Å². The number of carbonyl (C=O) groups is 3. The Morgan fingerprint density at radius 2 is 1.76 bits per heavy atom. The van der Waals surface area contributed by atoms with Crippen LogP contribution in [0.2, 0.25) is 0 Å². The molecule has 37 heavy (non-hydrogen) atoms. The third-order valence-electron chi connectivity index (χ3n) is 6.66. The average Bonchev–Trinajstić information content (AvgIpc) is 3.42. The molecule has 2 aromatic heterocycles. The van der Waals surface area contributed by atoms with Crippen LogP contribution < -0.4 is 5.32 Å². The Morgan fingerprint density at radius 3 is 2.46 bits per heavy atom. The topological polar surface area (TPSA) is 128 Å². The van der Waals surface area contributed by atoms with Crippen LogP contribution in [0.3, 0.4) is 0 Å². The molecule has 9 heteroatoms. The van der Waals surface area contributed by atoms with Gasteiger partial charge in [-0.1, -0.05) is 36.4 Å². The van der Waals surface area contributed by atoms with Crippen molar-refractivity contribution in [2.24, 2.45) is 0 Å². The van der Waals surface area contributed by atoms with Crippen LogP contribution in [0.4, 0.5) is 4.79 Å². The largest absolute Gasteiger partial charge is 0.480 e. The number of fused-ring (bicyclic) bond motifs is 4. The van der Waals surface area contributed by atoms with Gasteiger partial charge in [-0.2, -0.15) is 0 Å². The number of H-pyrrole nitrogens is 2. The lowest BCUT2D eigenvalue weighted by Crippen LogP contribution is -2.56. The number of aromatic nitrogens is 2. The molecule has 5 rings (SSSR count). The average molecular weight is 503 g/mol. The number of carboxylic acids is 1. The van der Waals surface area contributed by atoms with Crippen LogP contribution in [-0.4, -0.2) is 55.6 Å². The standard InChI is InChI=1S/C28H30N4O5/c1-28(2,3)37-27(36)31-22(12-16-14-29-20-10-6-4-8-17(16)20)25(33)32-15-23-19(13-24(32)26(34)35)18-9-5-7-11-21(18)30-23/h4-11,14,22,24,29-30H,12-13,15H2,1-3H3,(H,31,36)(H,34,35)/t22-,24-/m0/s1. The fourth-order valence-corrected chi connectivity index (χ4v) is 5.03. The van der Waals surface area contributed by atoms with Crippen LogP contribution in [0.25, 0.3) is 21.8 Å². The lowest BCUT2D eigenvalue weighted by atomic mass is 9.95. The number of nitrogens with one attached hydrogen (secondary N) is 3. The molecule has 9 nitrogen and oxygen atoms in total. The second-order valence-electron chi connectivity index (χ2n) is 10.4. The Labute approximate surface area is 213 Å². The van der Waals surface area contributed by atoms with E-state index in [1.54, 1.807) is 20.8 Å². The quantitative estimate of drug-likeness (QED) is 0.326. The Bertz CT molecular complexity index is 1500. The summed E-state index contributed by atoms with van der Waals surface area (Å²) in [6.07, 6.45) is 1.42. The fraction of sp³-hybridized carbons (Fsp3) is 0.321. The Balaban J connectivity index is 1.49. The molecule has 0 spiro atoms. The fourth-order valence-electron chi connectivity index (χ4n) is 5.03. The summed E-state index contributed by atoms with van der Waals surface area (Å²) >= 11 is 0. The van der Waals surface area contributed by atoms with Gasteiger partial charge < -0.3 is 30.0 Å². The highest BCUT2D eigenvalue weighted by atomic mass is 16.6. The van der Waals surface area contributed by atoms with Crippen molar-refractivity contribution >= 4 is 39.8 Å². The molecule has 0 saturated heterocycles. The van der Waals surface area contributed by atoms with E-state index >= 15 is 0 Å². The maximum atomic E-state index is 14.0. The summed E-state index contributed by atoms with van der Waals surface area (Å²) in [6, 6.07) is 13.3. The summed E-state index contributed by atoms with van der Waals surface area (Å²) in [5.74, 6) is -1.57. The van der Waals surface area contributed by atoms with Crippen LogP contribution in [-0.2, 0) is 33.7 Å². The molecule has 0 saturated carbocycles.